The summed E-state index contributed by atoms with van der Waals surface area (Å²) < 4.78 is 1.17. The number of aromatic hydroxyl groups is 1. The first-order valence-electron chi connectivity index (χ1n) is 4.02. The van der Waals surface area contributed by atoms with Crippen LogP contribution in [0.2, 0.25) is 0 Å². The second-order valence-corrected chi connectivity index (χ2v) is 3.86. The van der Waals surface area contributed by atoms with Crippen molar-refractivity contribution in [2.24, 2.45) is 0 Å². The molecule has 1 aromatic heterocycles. The molecule has 2 aromatic rings. The number of hydrogen-bond donors (Lipinski definition) is 1. The van der Waals surface area contributed by atoms with Gasteiger partial charge >= 0.3 is 0 Å². The summed E-state index contributed by atoms with van der Waals surface area (Å²) in [6, 6.07) is 7.95. The van der Waals surface area contributed by atoms with Crippen molar-refractivity contribution in [2.75, 3.05) is 0 Å². The lowest BCUT2D eigenvalue weighted by Crippen LogP contribution is -1.69. The van der Waals surface area contributed by atoms with E-state index < -0.39 is 0 Å². The van der Waals surface area contributed by atoms with Gasteiger partial charge in [0.25, 0.3) is 0 Å². The molecule has 0 aliphatic carbocycles. The van der Waals surface area contributed by atoms with Crippen LogP contribution in [0.1, 0.15) is 11.8 Å². The quantitative estimate of drug-likeness (QED) is 0.711. The molecule has 1 heterocycles. The van der Waals surface area contributed by atoms with Gasteiger partial charge in [-0.25, -0.2) is 0 Å². The normalized spacial score (nSPS) is 10.8. The highest BCUT2D eigenvalue weighted by molar-refractivity contribution is 7.19. The average molecular weight is 178 g/mol. The topological polar surface area (TPSA) is 20.2 Å². The van der Waals surface area contributed by atoms with E-state index in [1.807, 2.05) is 24.3 Å². The van der Waals surface area contributed by atoms with Gasteiger partial charge < -0.3 is 5.11 Å². The van der Waals surface area contributed by atoms with E-state index in [1.54, 1.807) is 11.3 Å². The van der Waals surface area contributed by atoms with Crippen molar-refractivity contribution in [3.8, 4) is 5.75 Å². The highest BCUT2D eigenvalue weighted by Gasteiger charge is 2.07. The lowest BCUT2D eigenvalue weighted by molar-refractivity contribution is 0.478. The standard InChI is InChI=1S/C10H10OS/c1-2-8-10(11)7-5-3-4-6-9(7)12-8/h3-6,11H,2H2,1H3. The first kappa shape index (κ1) is 7.62. The summed E-state index contributed by atoms with van der Waals surface area (Å²) in [5.41, 5.74) is 0. The van der Waals surface area contributed by atoms with E-state index in [-0.39, 0.29) is 0 Å². The Hall–Kier alpha value is -1.02. The molecule has 0 fully saturated rings. The minimum absolute atomic E-state index is 0.470. The van der Waals surface area contributed by atoms with Crippen LogP contribution in [0.4, 0.5) is 0 Å². The zero-order valence-corrected chi connectivity index (χ0v) is 7.69. The Morgan fingerprint density at radius 3 is 2.75 bits per heavy atom. The fourth-order valence-corrected chi connectivity index (χ4v) is 2.36. The molecule has 62 valence electrons. The molecule has 1 nitrogen and oxygen atoms in total. The van der Waals surface area contributed by atoms with Crippen LogP contribution in [-0.4, -0.2) is 5.11 Å². The third kappa shape index (κ3) is 0.994. The van der Waals surface area contributed by atoms with E-state index in [0.717, 1.165) is 16.7 Å². The van der Waals surface area contributed by atoms with Crippen LogP contribution in [0.15, 0.2) is 24.3 Å². The van der Waals surface area contributed by atoms with Crippen molar-refractivity contribution in [1.82, 2.24) is 0 Å². The van der Waals surface area contributed by atoms with Gasteiger partial charge in [-0.05, 0) is 18.6 Å². The molecule has 1 aromatic carbocycles. The van der Waals surface area contributed by atoms with Crippen molar-refractivity contribution in [3.05, 3.63) is 29.1 Å². The second kappa shape index (κ2) is 2.79. The molecule has 2 heteroatoms. The molecule has 0 saturated heterocycles. The highest BCUT2D eigenvalue weighted by atomic mass is 32.1. The third-order valence-corrected chi connectivity index (χ3v) is 3.26. The van der Waals surface area contributed by atoms with Crippen LogP contribution in [0.25, 0.3) is 10.1 Å². The van der Waals surface area contributed by atoms with Crippen LogP contribution in [0, 0.1) is 0 Å². The molecule has 0 aliphatic rings. The predicted octanol–water partition coefficient (Wildman–Crippen LogP) is 3.17. The molecule has 0 aliphatic heterocycles. The van der Waals surface area contributed by atoms with E-state index in [0.29, 0.717) is 5.75 Å². The van der Waals surface area contributed by atoms with E-state index in [2.05, 4.69) is 6.92 Å². The maximum Gasteiger partial charge on any atom is 0.137 e. The zero-order chi connectivity index (χ0) is 8.55. The number of fused-ring (bicyclic) bond motifs is 1. The van der Waals surface area contributed by atoms with E-state index in [9.17, 15) is 5.11 Å². The first-order valence-corrected chi connectivity index (χ1v) is 4.84. The number of benzene rings is 1. The lowest BCUT2D eigenvalue weighted by atomic mass is 10.2. The summed E-state index contributed by atoms with van der Waals surface area (Å²) >= 11 is 1.67. The highest BCUT2D eigenvalue weighted by Crippen LogP contribution is 2.36. The Morgan fingerprint density at radius 2 is 2.08 bits per heavy atom. The van der Waals surface area contributed by atoms with Crippen LogP contribution >= 0.6 is 11.3 Å². The maximum absolute atomic E-state index is 9.70. The molecule has 12 heavy (non-hydrogen) atoms. The number of thiophene rings is 1. The zero-order valence-electron chi connectivity index (χ0n) is 6.87. The van der Waals surface area contributed by atoms with Gasteiger partial charge in [-0.3, -0.25) is 0 Å². The Bertz CT molecular complexity index is 403. The summed E-state index contributed by atoms with van der Waals surface area (Å²) in [6.07, 6.45) is 0.908. The summed E-state index contributed by atoms with van der Waals surface area (Å²) in [4.78, 5) is 1.08. The van der Waals surface area contributed by atoms with Crippen LogP contribution in [0.5, 0.6) is 5.75 Å². The van der Waals surface area contributed by atoms with Crippen molar-refractivity contribution >= 4 is 21.4 Å². The first-order chi connectivity index (χ1) is 5.83. The van der Waals surface area contributed by atoms with Gasteiger partial charge in [0.05, 0.1) is 0 Å². The molecular formula is C10H10OS. The lowest BCUT2D eigenvalue weighted by Gasteiger charge is -1.90. The predicted molar refractivity (Wildman–Crippen MR) is 52.9 cm³/mol. The summed E-state index contributed by atoms with van der Waals surface area (Å²) in [6.45, 7) is 2.06. The van der Waals surface area contributed by atoms with Gasteiger partial charge in [0.15, 0.2) is 0 Å². The molecule has 0 bridgehead atoms. The fourth-order valence-electron chi connectivity index (χ4n) is 1.32. The van der Waals surface area contributed by atoms with E-state index in [1.165, 1.54) is 4.70 Å². The van der Waals surface area contributed by atoms with E-state index in [4.69, 9.17) is 0 Å². The monoisotopic (exact) mass is 178 g/mol. The SMILES string of the molecule is CCc1sc2ccccc2c1O. The molecule has 0 spiro atoms. The Morgan fingerprint density at radius 1 is 1.33 bits per heavy atom. The molecule has 2 rings (SSSR count). The number of rotatable bonds is 1. The van der Waals surface area contributed by atoms with Gasteiger partial charge in [-0.2, -0.15) is 0 Å². The average Bonchev–Trinajstić information content (AvgIpc) is 2.44. The van der Waals surface area contributed by atoms with Gasteiger partial charge in [0.2, 0.25) is 0 Å². The van der Waals surface area contributed by atoms with Crippen LogP contribution in [0.3, 0.4) is 0 Å². The number of hydrogen-bond acceptors (Lipinski definition) is 2. The number of aryl methyl sites for hydroxylation is 1. The van der Waals surface area contributed by atoms with E-state index >= 15 is 0 Å². The molecular weight excluding hydrogens is 168 g/mol. The van der Waals surface area contributed by atoms with Crippen molar-refractivity contribution in [3.63, 3.8) is 0 Å². The van der Waals surface area contributed by atoms with Gasteiger partial charge in [0.1, 0.15) is 5.75 Å². The minimum atomic E-state index is 0.470. The molecule has 0 atom stereocenters. The third-order valence-electron chi connectivity index (χ3n) is 1.96. The summed E-state index contributed by atoms with van der Waals surface area (Å²) in [5.74, 6) is 0.470. The Balaban J connectivity index is 2.78. The smallest absolute Gasteiger partial charge is 0.137 e. The van der Waals surface area contributed by atoms with Crippen LogP contribution in [-0.2, 0) is 6.42 Å². The Kier molecular flexibility index (Phi) is 1.77. The molecule has 0 saturated carbocycles. The molecule has 0 unspecified atom stereocenters. The molecule has 0 amide bonds. The Labute approximate surface area is 75.3 Å². The minimum Gasteiger partial charge on any atom is -0.506 e. The second-order valence-electron chi connectivity index (χ2n) is 2.72. The maximum atomic E-state index is 9.70. The van der Waals surface area contributed by atoms with Crippen molar-refractivity contribution < 1.29 is 5.11 Å². The molecule has 0 radical (unpaired) electrons. The summed E-state index contributed by atoms with van der Waals surface area (Å²) in [5, 5.41) is 10.7. The summed E-state index contributed by atoms with van der Waals surface area (Å²) in [7, 11) is 0. The fraction of sp³-hybridized carbons (Fsp3) is 0.200. The van der Waals surface area contributed by atoms with Gasteiger partial charge in [-0.15, -0.1) is 11.3 Å². The van der Waals surface area contributed by atoms with Crippen molar-refractivity contribution in [2.45, 2.75) is 13.3 Å². The van der Waals surface area contributed by atoms with Crippen molar-refractivity contribution in [1.29, 1.82) is 0 Å². The van der Waals surface area contributed by atoms with Crippen LogP contribution < -0.4 is 0 Å². The largest absolute Gasteiger partial charge is 0.506 e. The van der Waals surface area contributed by atoms with Gasteiger partial charge in [0, 0.05) is 15.0 Å². The molecule has 1 N–H and O–H groups in total. The van der Waals surface area contributed by atoms with Gasteiger partial charge in [-0.1, -0.05) is 19.1 Å².